The predicted octanol–water partition coefficient (Wildman–Crippen LogP) is 2.62. The van der Waals surface area contributed by atoms with E-state index in [1.54, 1.807) is 0 Å². The van der Waals surface area contributed by atoms with Gasteiger partial charge in [-0.25, -0.2) is 0 Å². The van der Waals surface area contributed by atoms with Gasteiger partial charge in [-0.15, -0.1) is 0 Å². The monoisotopic (exact) mass is 207 g/mol. The molecule has 1 N–H and O–H groups in total. The van der Waals surface area contributed by atoms with Crippen LogP contribution in [0, 0.1) is 12.3 Å². The van der Waals surface area contributed by atoms with Crippen LogP contribution in [0.4, 0.5) is 0 Å². The predicted molar refractivity (Wildman–Crippen MR) is 64.4 cm³/mol. The Morgan fingerprint density at radius 1 is 1.20 bits per heavy atom. The van der Waals surface area contributed by atoms with E-state index in [-0.39, 0.29) is 5.41 Å². The Morgan fingerprint density at radius 2 is 1.80 bits per heavy atom. The quantitative estimate of drug-likeness (QED) is 0.801. The fourth-order valence-electron chi connectivity index (χ4n) is 1.44. The number of hydrogen-bond donors (Lipinski definition) is 1. The number of nitrogens with one attached hydrogen (secondary N) is 1. The van der Waals surface area contributed by atoms with Crippen molar-refractivity contribution < 1.29 is 4.74 Å². The van der Waals surface area contributed by atoms with E-state index in [4.69, 9.17) is 4.74 Å². The van der Waals surface area contributed by atoms with Crippen LogP contribution in [0.5, 0.6) is 5.75 Å². The Labute approximate surface area is 92.6 Å². The third-order valence-corrected chi connectivity index (χ3v) is 2.31. The van der Waals surface area contributed by atoms with Crippen LogP contribution in [0.25, 0.3) is 0 Å². The van der Waals surface area contributed by atoms with Crippen molar-refractivity contribution in [3.8, 4) is 5.75 Å². The van der Waals surface area contributed by atoms with Gasteiger partial charge < -0.3 is 10.1 Å². The second-order valence-corrected chi connectivity index (χ2v) is 4.80. The molecular formula is C13H21NO. The average molecular weight is 207 g/mol. The summed E-state index contributed by atoms with van der Waals surface area (Å²) in [6, 6.07) is 8.18. The molecule has 0 aliphatic carbocycles. The first-order chi connectivity index (χ1) is 7.03. The van der Waals surface area contributed by atoms with Gasteiger partial charge in [-0.05, 0) is 26.1 Å². The standard InChI is InChI=1S/C13H21NO/c1-11-5-7-12(8-6-11)15-10-13(2,3)9-14-4/h5-8,14H,9-10H2,1-4H3. The van der Waals surface area contributed by atoms with Crippen LogP contribution < -0.4 is 10.1 Å². The summed E-state index contributed by atoms with van der Waals surface area (Å²) in [5, 5.41) is 3.17. The molecule has 0 bridgehead atoms. The number of aryl methyl sites for hydroxylation is 1. The maximum Gasteiger partial charge on any atom is 0.119 e. The molecule has 2 nitrogen and oxygen atoms in total. The normalized spacial score (nSPS) is 11.5. The van der Waals surface area contributed by atoms with Gasteiger partial charge in [0.2, 0.25) is 0 Å². The lowest BCUT2D eigenvalue weighted by atomic mass is 9.95. The summed E-state index contributed by atoms with van der Waals surface area (Å²) in [5.41, 5.74) is 1.43. The van der Waals surface area contributed by atoms with Crippen LogP contribution in [0.15, 0.2) is 24.3 Å². The third kappa shape index (κ3) is 4.34. The summed E-state index contributed by atoms with van der Waals surface area (Å²) in [6.45, 7) is 8.15. The molecule has 1 rings (SSSR count). The van der Waals surface area contributed by atoms with Crippen molar-refractivity contribution in [1.82, 2.24) is 5.32 Å². The zero-order valence-corrected chi connectivity index (χ0v) is 10.1. The number of hydrogen-bond acceptors (Lipinski definition) is 2. The first kappa shape index (κ1) is 12.1. The topological polar surface area (TPSA) is 21.3 Å². The Balaban J connectivity index is 2.46. The number of benzene rings is 1. The molecule has 15 heavy (non-hydrogen) atoms. The van der Waals surface area contributed by atoms with Crippen molar-refractivity contribution in [3.05, 3.63) is 29.8 Å². The van der Waals surface area contributed by atoms with Gasteiger partial charge in [-0.1, -0.05) is 31.5 Å². The maximum atomic E-state index is 5.74. The SMILES string of the molecule is CNCC(C)(C)COc1ccc(C)cc1. The highest BCUT2D eigenvalue weighted by Gasteiger charge is 2.17. The molecule has 0 aromatic heterocycles. The molecule has 1 aromatic carbocycles. The molecule has 0 fully saturated rings. The van der Waals surface area contributed by atoms with Crippen molar-refractivity contribution in [3.63, 3.8) is 0 Å². The summed E-state index contributed by atoms with van der Waals surface area (Å²) in [6.07, 6.45) is 0. The minimum absolute atomic E-state index is 0.166. The van der Waals surface area contributed by atoms with E-state index in [9.17, 15) is 0 Å². The number of rotatable bonds is 5. The summed E-state index contributed by atoms with van der Waals surface area (Å²) in [4.78, 5) is 0. The van der Waals surface area contributed by atoms with Gasteiger partial charge >= 0.3 is 0 Å². The zero-order valence-electron chi connectivity index (χ0n) is 10.1. The summed E-state index contributed by atoms with van der Waals surface area (Å²) >= 11 is 0. The van der Waals surface area contributed by atoms with Crippen molar-refractivity contribution in [2.75, 3.05) is 20.2 Å². The molecule has 0 aliphatic heterocycles. The second kappa shape index (κ2) is 5.17. The van der Waals surface area contributed by atoms with E-state index in [0.717, 1.165) is 18.9 Å². The van der Waals surface area contributed by atoms with E-state index < -0.39 is 0 Å². The highest BCUT2D eigenvalue weighted by molar-refractivity contribution is 5.26. The lowest BCUT2D eigenvalue weighted by Gasteiger charge is -2.24. The van der Waals surface area contributed by atoms with Crippen molar-refractivity contribution >= 4 is 0 Å². The smallest absolute Gasteiger partial charge is 0.119 e. The molecular weight excluding hydrogens is 186 g/mol. The Kier molecular flexibility index (Phi) is 4.15. The molecule has 0 amide bonds. The molecule has 0 saturated carbocycles. The summed E-state index contributed by atoms with van der Waals surface area (Å²) in [7, 11) is 1.97. The second-order valence-electron chi connectivity index (χ2n) is 4.80. The molecule has 84 valence electrons. The average Bonchev–Trinajstić information content (AvgIpc) is 2.17. The molecule has 0 radical (unpaired) electrons. The minimum atomic E-state index is 0.166. The fraction of sp³-hybridized carbons (Fsp3) is 0.538. The van der Waals surface area contributed by atoms with Crippen LogP contribution >= 0.6 is 0 Å². The highest BCUT2D eigenvalue weighted by Crippen LogP contribution is 2.18. The van der Waals surface area contributed by atoms with Gasteiger partial charge in [0.1, 0.15) is 5.75 Å². The lowest BCUT2D eigenvalue weighted by molar-refractivity contribution is 0.179. The molecule has 0 spiro atoms. The van der Waals surface area contributed by atoms with Crippen LogP contribution in [0.3, 0.4) is 0 Å². The summed E-state index contributed by atoms with van der Waals surface area (Å²) in [5.74, 6) is 0.949. The first-order valence-electron chi connectivity index (χ1n) is 5.37. The van der Waals surface area contributed by atoms with E-state index in [0.29, 0.717) is 0 Å². The molecule has 1 aromatic rings. The van der Waals surface area contributed by atoms with Gasteiger partial charge in [-0.3, -0.25) is 0 Å². The van der Waals surface area contributed by atoms with Crippen molar-refractivity contribution in [1.29, 1.82) is 0 Å². The highest BCUT2D eigenvalue weighted by atomic mass is 16.5. The number of ether oxygens (including phenoxy) is 1. The lowest BCUT2D eigenvalue weighted by Crippen LogP contribution is -2.32. The fourth-order valence-corrected chi connectivity index (χ4v) is 1.44. The van der Waals surface area contributed by atoms with Crippen molar-refractivity contribution in [2.24, 2.45) is 5.41 Å². The molecule has 0 aliphatic rings. The van der Waals surface area contributed by atoms with Crippen LogP contribution in [0.1, 0.15) is 19.4 Å². The largest absolute Gasteiger partial charge is 0.493 e. The molecule has 2 heteroatoms. The van der Waals surface area contributed by atoms with Crippen LogP contribution in [-0.2, 0) is 0 Å². The Morgan fingerprint density at radius 3 is 2.33 bits per heavy atom. The molecule has 0 unspecified atom stereocenters. The van der Waals surface area contributed by atoms with Gasteiger partial charge in [-0.2, -0.15) is 0 Å². The third-order valence-electron chi connectivity index (χ3n) is 2.31. The minimum Gasteiger partial charge on any atom is -0.493 e. The maximum absolute atomic E-state index is 5.74. The van der Waals surface area contributed by atoms with Crippen LogP contribution in [-0.4, -0.2) is 20.2 Å². The van der Waals surface area contributed by atoms with Gasteiger partial charge in [0.15, 0.2) is 0 Å². The molecule has 0 saturated heterocycles. The summed E-state index contributed by atoms with van der Waals surface area (Å²) < 4.78 is 5.74. The van der Waals surface area contributed by atoms with Gasteiger partial charge in [0, 0.05) is 12.0 Å². The van der Waals surface area contributed by atoms with E-state index in [1.807, 2.05) is 19.2 Å². The molecule has 0 atom stereocenters. The Hall–Kier alpha value is -1.02. The van der Waals surface area contributed by atoms with E-state index in [1.165, 1.54) is 5.56 Å². The van der Waals surface area contributed by atoms with Gasteiger partial charge in [0.05, 0.1) is 6.61 Å². The van der Waals surface area contributed by atoms with E-state index >= 15 is 0 Å². The van der Waals surface area contributed by atoms with Gasteiger partial charge in [0.25, 0.3) is 0 Å². The Bertz CT molecular complexity index is 290. The van der Waals surface area contributed by atoms with Crippen LogP contribution in [0.2, 0.25) is 0 Å². The van der Waals surface area contributed by atoms with E-state index in [2.05, 4.69) is 38.2 Å². The molecule has 0 heterocycles. The first-order valence-corrected chi connectivity index (χ1v) is 5.37. The van der Waals surface area contributed by atoms with Crippen molar-refractivity contribution in [2.45, 2.75) is 20.8 Å². The zero-order chi connectivity index (χ0) is 11.3.